The molecule has 0 radical (unpaired) electrons. The number of rotatable bonds is 24. The number of aldehydes is 1. The van der Waals surface area contributed by atoms with Gasteiger partial charge in [0.15, 0.2) is 0 Å². The molecular formula is C32H51N3O5. The van der Waals surface area contributed by atoms with Crippen LogP contribution in [0.25, 0.3) is 5.76 Å². The Morgan fingerprint density at radius 3 is 2.08 bits per heavy atom. The van der Waals surface area contributed by atoms with E-state index in [1.54, 1.807) is 12.1 Å². The highest BCUT2D eigenvalue weighted by Crippen LogP contribution is 2.10. The summed E-state index contributed by atoms with van der Waals surface area (Å²) in [4.78, 5) is 19.9. The summed E-state index contributed by atoms with van der Waals surface area (Å²) in [5.41, 5.74) is 4.08. The molecule has 1 aromatic heterocycles. The Hall–Kier alpha value is -2.62. The monoisotopic (exact) mass is 557 g/mol. The lowest BCUT2D eigenvalue weighted by Gasteiger charge is -2.23. The molecule has 0 aromatic carbocycles. The molecule has 0 aliphatic carbocycles. The Labute approximate surface area is 242 Å². The average molecular weight is 558 g/mol. The molecule has 0 amide bonds. The van der Waals surface area contributed by atoms with Gasteiger partial charge in [-0.3, -0.25) is 14.6 Å². The lowest BCUT2D eigenvalue weighted by molar-refractivity contribution is -0.104. The SMILES string of the molecule is C=C(C=O)/C=C(C)\C=C(/C)CN(CCOCCC)CCOCCOCCN(CCC)Cc1cccc(C(=C)O)n1. The molecule has 8 heteroatoms. The van der Waals surface area contributed by atoms with Crippen LogP contribution in [-0.2, 0) is 25.5 Å². The van der Waals surface area contributed by atoms with E-state index >= 15 is 0 Å². The molecule has 40 heavy (non-hydrogen) atoms. The third-order valence-corrected chi connectivity index (χ3v) is 5.92. The fourth-order valence-corrected chi connectivity index (χ4v) is 4.12. The van der Waals surface area contributed by atoms with E-state index in [4.69, 9.17) is 14.2 Å². The van der Waals surface area contributed by atoms with Gasteiger partial charge in [0.1, 0.15) is 17.7 Å². The second kappa shape index (κ2) is 22.1. The van der Waals surface area contributed by atoms with Gasteiger partial charge in [0.05, 0.1) is 38.7 Å². The standard InChI is InChI=1S/C32H51N3O5/c1-7-12-34(25-31-10-9-11-32(33-31)30(6)37)13-18-39-20-21-40-19-15-35(14-17-38-16-8-2)24-28(4)22-27(3)23-29(5)26-36/h9-11,22-23,26,37H,5-8,12-21,24-25H2,1-4H3/b27-23-,28-22+. The molecule has 0 unspecified atom stereocenters. The number of carbonyl (C=O) groups excluding carboxylic acids is 1. The summed E-state index contributed by atoms with van der Waals surface area (Å²) in [5.74, 6) is -0.0169. The van der Waals surface area contributed by atoms with Gasteiger partial charge in [0.25, 0.3) is 0 Å². The Morgan fingerprint density at radius 2 is 1.50 bits per heavy atom. The van der Waals surface area contributed by atoms with Crippen molar-refractivity contribution in [3.8, 4) is 0 Å². The number of pyridine rings is 1. The molecular weight excluding hydrogens is 506 g/mol. The van der Waals surface area contributed by atoms with Crippen molar-refractivity contribution >= 4 is 12.0 Å². The first-order valence-electron chi connectivity index (χ1n) is 14.3. The summed E-state index contributed by atoms with van der Waals surface area (Å²) in [6.07, 6.45) is 6.68. The van der Waals surface area contributed by atoms with Crippen molar-refractivity contribution in [3.63, 3.8) is 0 Å². The lowest BCUT2D eigenvalue weighted by atomic mass is 10.1. The van der Waals surface area contributed by atoms with Crippen molar-refractivity contribution in [3.05, 3.63) is 71.6 Å². The highest BCUT2D eigenvalue weighted by Gasteiger charge is 2.09. The number of hydrogen-bond donors (Lipinski definition) is 1. The van der Waals surface area contributed by atoms with Crippen LogP contribution in [0.4, 0.5) is 0 Å². The predicted octanol–water partition coefficient (Wildman–Crippen LogP) is 5.23. The first-order valence-corrected chi connectivity index (χ1v) is 14.3. The predicted molar refractivity (Wildman–Crippen MR) is 163 cm³/mol. The van der Waals surface area contributed by atoms with E-state index in [0.29, 0.717) is 50.8 Å². The zero-order valence-electron chi connectivity index (χ0n) is 25.2. The van der Waals surface area contributed by atoms with Gasteiger partial charge < -0.3 is 19.3 Å². The molecule has 0 saturated carbocycles. The Kier molecular flexibility index (Phi) is 19.6. The van der Waals surface area contributed by atoms with Gasteiger partial charge in [-0.1, -0.05) is 50.3 Å². The maximum absolute atomic E-state index is 10.8. The minimum absolute atomic E-state index is 0.0169. The van der Waals surface area contributed by atoms with Gasteiger partial charge in [0.2, 0.25) is 0 Å². The van der Waals surface area contributed by atoms with E-state index in [-0.39, 0.29) is 5.76 Å². The average Bonchev–Trinajstić information content (AvgIpc) is 2.92. The third kappa shape index (κ3) is 17.2. The van der Waals surface area contributed by atoms with Crippen LogP contribution in [0.3, 0.4) is 0 Å². The molecule has 0 fully saturated rings. The maximum Gasteiger partial charge on any atom is 0.149 e. The summed E-state index contributed by atoms with van der Waals surface area (Å²) >= 11 is 0. The first-order chi connectivity index (χ1) is 19.3. The number of nitrogens with zero attached hydrogens (tertiary/aromatic N) is 3. The van der Waals surface area contributed by atoms with Crippen molar-refractivity contribution in [2.45, 2.75) is 47.1 Å². The first kappa shape index (κ1) is 35.4. The van der Waals surface area contributed by atoms with Gasteiger partial charge in [-0.15, -0.1) is 0 Å². The number of hydrogen-bond acceptors (Lipinski definition) is 8. The minimum atomic E-state index is -0.0169. The second-order valence-corrected chi connectivity index (χ2v) is 9.92. The van der Waals surface area contributed by atoms with Crippen LogP contribution in [0.1, 0.15) is 51.9 Å². The molecule has 0 aliphatic rings. The number of allylic oxidation sites excluding steroid dienone is 4. The zero-order valence-corrected chi connectivity index (χ0v) is 25.2. The van der Waals surface area contributed by atoms with E-state index in [0.717, 1.165) is 69.7 Å². The number of aromatic nitrogens is 1. The lowest BCUT2D eigenvalue weighted by Crippen LogP contribution is -2.33. The molecule has 0 spiro atoms. The summed E-state index contributed by atoms with van der Waals surface area (Å²) in [6, 6.07) is 5.60. The number of aliphatic hydroxyl groups excluding tert-OH is 1. The fourth-order valence-electron chi connectivity index (χ4n) is 4.12. The summed E-state index contributed by atoms with van der Waals surface area (Å²) in [5, 5.41) is 9.61. The highest BCUT2D eigenvalue weighted by molar-refractivity contribution is 5.76. The topological polar surface area (TPSA) is 84.4 Å². The third-order valence-electron chi connectivity index (χ3n) is 5.92. The second-order valence-electron chi connectivity index (χ2n) is 9.92. The van der Waals surface area contributed by atoms with E-state index in [2.05, 4.69) is 54.8 Å². The van der Waals surface area contributed by atoms with Crippen LogP contribution in [0.2, 0.25) is 0 Å². The van der Waals surface area contributed by atoms with Gasteiger partial charge in [-0.25, -0.2) is 4.98 Å². The molecule has 224 valence electrons. The zero-order chi connectivity index (χ0) is 29.6. The van der Waals surface area contributed by atoms with Crippen LogP contribution in [0.15, 0.2) is 60.2 Å². The van der Waals surface area contributed by atoms with Crippen LogP contribution in [0, 0.1) is 0 Å². The maximum atomic E-state index is 10.8. The minimum Gasteiger partial charge on any atom is -0.506 e. The van der Waals surface area contributed by atoms with Crippen LogP contribution < -0.4 is 0 Å². The van der Waals surface area contributed by atoms with E-state index in [1.165, 1.54) is 5.57 Å². The summed E-state index contributed by atoms with van der Waals surface area (Å²) < 4.78 is 17.4. The van der Waals surface area contributed by atoms with Crippen molar-refractivity contribution in [2.24, 2.45) is 0 Å². The normalized spacial score (nSPS) is 12.3. The smallest absolute Gasteiger partial charge is 0.149 e. The van der Waals surface area contributed by atoms with Crippen LogP contribution >= 0.6 is 0 Å². The van der Waals surface area contributed by atoms with Gasteiger partial charge in [-0.2, -0.15) is 0 Å². The highest BCUT2D eigenvalue weighted by atomic mass is 16.5. The largest absolute Gasteiger partial charge is 0.506 e. The molecule has 1 N–H and O–H groups in total. The van der Waals surface area contributed by atoms with E-state index in [9.17, 15) is 9.90 Å². The van der Waals surface area contributed by atoms with Crippen LogP contribution in [-0.4, -0.2) is 98.5 Å². The van der Waals surface area contributed by atoms with Gasteiger partial charge in [0, 0.05) is 44.9 Å². The fraction of sp³-hybridized carbons (Fsp3) is 0.562. The van der Waals surface area contributed by atoms with E-state index < -0.39 is 0 Å². The van der Waals surface area contributed by atoms with Crippen molar-refractivity contribution in [1.29, 1.82) is 0 Å². The molecule has 0 bridgehead atoms. The molecule has 0 atom stereocenters. The van der Waals surface area contributed by atoms with Gasteiger partial charge >= 0.3 is 0 Å². The Bertz CT molecular complexity index is 944. The molecule has 1 heterocycles. The van der Waals surface area contributed by atoms with E-state index in [1.807, 2.05) is 19.1 Å². The molecule has 1 aromatic rings. The van der Waals surface area contributed by atoms with Crippen molar-refractivity contribution in [1.82, 2.24) is 14.8 Å². The Balaban J connectivity index is 2.41. The summed E-state index contributed by atoms with van der Waals surface area (Å²) in [7, 11) is 0. The molecule has 8 nitrogen and oxygen atoms in total. The number of ether oxygens (including phenoxy) is 3. The quantitative estimate of drug-likeness (QED) is 0.0608. The van der Waals surface area contributed by atoms with Crippen molar-refractivity contribution < 1.29 is 24.1 Å². The number of aliphatic hydroxyl groups is 1. The van der Waals surface area contributed by atoms with Gasteiger partial charge in [-0.05, 0) is 51.4 Å². The number of carbonyl (C=O) groups is 1. The summed E-state index contributed by atoms with van der Waals surface area (Å²) in [6.45, 7) is 24.2. The Morgan fingerprint density at radius 1 is 0.875 bits per heavy atom. The molecule has 0 aliphatic heterocycles. The van der Waals surface area contributed by atoms with Crippen LogP contribution in [0.5, 0.6) is 0 Å². The van der Waals surface area contributed by atoms with Crippen molar-refractivity contribution in [2.75, 3.05) is 72.4 Å². The molecule has 0 saturated heterocycles. The molecule has 1 rings (SSSR count).